The molecule has 1 heterocycles. The number of nitrogens with zero attached hydrogens (tertiary/aromatic N) is 1. The van der Waals surface area contributed by atoms with Crippen molar-refractivity contribution in [2.75, 3.05) is 13.1 Å². The normalized spacial score (nSPS) is 15.4. The Morgan fingerprint density at radius 3 is 2.43 bits per heavy atom. The molecule has 0 aliphatic carbocycles. The van der Waals surface area contributed by atoms with Gasteiger partial charge in [-0.3, -0.25) is 9.69 Å². The van der Waals surface area contributed by atoms with Crippen LogP contribution in [-0.2, 0) is 17.9 Å². The van der Waals surface area contributed by atoms with Gasteiger partial charge in [0.15, 0.2) is 6.10 Å². The van der Waals surface area contributed by atoms with Crippen molar-refractivity contribution >= 4 is 5.91 Å². The third-order valence-electron chi connectivity index (χ3n) is 5.37. The van der Waals surface area contributed by atoms with Crippen LogP contribution in [0.25, 0.3) is 0 Å². The summed E-state index contributed by atoms with van der Waals surface area (Å²) in [6.07, 6.45) is 2.78. The van der Waals surface area contributed by atoms with Gasteiger partial charge in [0.2, 0.25) is 0 Å². The van der Waals surface area contributed by atoms with Gasteiger partial charge in [0.1, 0.15) is 5.75 Å². The molecular weight excluding hydrogens is 348 g/mol. The van der Waals surface area contributed by atoms with Crippen LogP contribution in [0.3, 0.4) is 0 Å². The van der Waals surface area contributed by atoms with Crippen LogP contribution >= 0.6 is 0 Å². The van der Waals surface area contributed by atoms with Crippen molar-refractivity contribution in [2.24, 2.45) is 0 Å². The second-order valence-corrected chi connectivity index (χ2v) is 7.80. The molecule has 0 radical (unpaired) electrons. The van der Waals surface area contributed by atoms with Crippen LogP contribution in [0, 0.1) is 13.8 Å². The van der Waals surface area contributed by atoms with E-state index in [1.807, 2.05) is 32.9 Å². The highest BCUT2D eigenvalue weighted by atomic mass is 16.5. The smallest absolute Gasteiger partial charge is 0.261 e. The molecule has 0 unspecified atom stereocenters. The first-order chi connectivity index (χ1) is 13.5. The molecule has 1 aliphatic heterocycles. The minimum absolute atomic E-state index is 0.0652. The first-order valence-electron chi connectivity index (χ1n) is 10.4. The van der Waals surface area contributed by atoms with Gasteiger partial charge in [-0.15, -0.1) is 0 Å². The van der Waals surface area contributed by atoms with E-state index in [9.17, 15) is 4.79 Å². The van der Waals surface area contributed by atoms with Crippen LogP contribution in [0.2, 0.25) is 0 Å². The molecular formula is C24H32N2O2. The maximum Gasteiger partial charge on any atom is 0.261 e. The quantitative estimate of drug-likeness (QED) is 0.739. The second kappa shape index (κ2) is 9.74. The number of hydrogen-bond acceptors (Lipinski definition) is 3. The number of carbonyl (C=O) groups is 1. The maximum atomic E-state index is 12.6. The highest BCUT2D eigenvalue weighted by Crippen LogP contribution is 2.21. The summed E-state index contributed by atoms with van der Waals surface area (Å²) in [7, 11) is 0. The summed E-state index contributed by atoms with van der Waals surface area (Å²) in [6.45, 7) is 9.96. The van der Waals surface area contributed by atoms with Gasteiger partial charge in [0, 0.05) is 13.1 Å². The fraction of sp³-hybridized carbons (Fsp3) is 0.458. The van der Waals surface area contributed by atoms with Crippen molar-refractivity contribution < 1.29 is 9.53 Å². The summed E-state index contributed by atoms with van der Waals surface area (Å²) in [4.78, 5) is 15.1. The number of rotatable bonds is 8. The molecule has 28 heavy (non-hydrogen) atoms. The summed E-state index contributed by atoms with van der Waals surface area (Å²) in [6, 6.07) is 14.6. The maximum absolute atomic E-state index is 12.6. The molecule has 0 aromatic heterocycles. The number of nitrogens with one attached hydrogen (secondary N) is 1. The van der Waals surface area contributed by atoms with Crippen molar-refractivity contribution in [3.63, 3.8) is 0 Å². The lowest BCUT2D eigenvalue weighted by atomic mass is 10.1. The molecule has 1 N–H and O–H groups in total. The van der Waals surface area contributed by atoms with Crippen molar-refractivity contribution in [3.8, 4) is 5.75 Å². The van der Waals surface area contributed by atoms with E-state index in [4.69, 9.17) is 4.74 Å². The summed E-state index contributed by atoms with van der Waals surface area (Å²) in [5.41, 5.74) is 4.62. The minimum atomic E-state index is -0.477. The van der Waals surface area contributed by atoms with E-state index in [-0.39, 0.29) is 5.91 Å². The van der Waals surface area contributed by atoms with Gasteiger partial charge in [-0.25, -0.2) is 0 Å². The van der Waals surface area contributed by atoms with E-state index in [1.165, 1.54) is 31.5 Å². The summed E-state index contributed by atoms with van der Waals surface area (Å²) in [5, 5.41) is 3.02. The number of hydrogen-bond donors (Lipinski definition) is 1. The summed E-state index contributed by atoms with van der Waals surface area (Å²) >= 11 is 0. The molecule has 2 aromatic carbocycles. The van der Waals surface area contributed by atoms with Crippen LogP contribution in [0.5, 0.6) is 5.75 Å². The number of benzene rings is 2. The number of ether oxygens (including phenoxy) is 1. The van der Waals surface area contributed by atoms with E-state index in [2.05, 4.69) is 40.5 Å². The monoisotopic (exact) mass is 380 g/mol. The molecule has 150 valence electrons. The number of aryl methyl sites for hydroxylation is 2. The zero-order valence-electron chi connectivity index (χ0n) is 17.3. The lowest BCUT2D eigenvalue weighted by molar-refractivity contribution is -0.128. The van der Waals surface area contributed by atoms with Crippen molar-refractivity contribution in [3.05, 3.63) is 64.7 Å². The Labute approximate surface area is 168 Å². The van der Waals surface area contributed by atoms with Crippen molar-refractivity contribution in [2.45, 2.75) is 59.2 Å². The van der Waals surface area contributed by atoms with E-state index in [0.29, 0.717) is 13.0 Å². The molecule has 1 saturated heterocycles. The largest absolute Gasteiger partial charge is 0.480 e. The molecule has 1 atom stereocenters. The minimum Gasteiger partial charge on any atom is -0.480 e. The second-order valence-electron chi connectivity index (χ2n) is 7.80. The molecule has 1 amide bonds. The highest BCUT2D eigenvalue weighted by molar-refractivity contribution is 5.81. The number of likely N-dealkylation sites (tertiary alicyclic amines) is 1. The predicted molar refractivity (Wildman–Crippen MR) is 113 cm³/mol. The van der Waals surface area contributed by atoms with E-state index in [1.54, 1.807) is 0 Å². The third-order valence-corrected chi connectivity index (χ3v) is 5.37. The molecule has 0 saturated carbocycles. The Hall–Kier alpha value is -2.33. The number of carbonyl (C=O) groups excluding carboxylic acids is 1. The van der Waals surface area contributed by atoms with Crippen molar-refractivity contribution in [1.82, 2.24) is 10.2 Å². The zero-order valence-corrected chi connectivity index (χ0v) is 17.3. The molecule has 2 aromatic rings. The Balaban J connectivity index is 1.52. The van der Waals surface area contributed by atoms with E-state index in [0.717, 1.165) is 29.0 Å². The number of amides is 1. The Kier molecular flexibility index (Phi) is 7.10. The SMILES string of the molecule is CC[C@@H](Oc1cc(C)ccc1C)C(=O)NCc1ccc(CN2CCCC2)cc1. The van der Waals surface area contributed by atoms with Gasteiger partial charge in [-0.1, -0.05) is 43.3 Å². The molecule has 4 heteroatoms. The van der Waals surface area contributed by atoms with Gasteiger partial charge in [0.25, 0.3) is 5.91 Å². The Morgan fingerprint density at radius 2 is 1.75 bits per heavy atom. The van der Waals surface area contributed by atoms with Crippen LogP contribution in [0.1, 0.15) is 48.4 Å². The van der Waals surface area contributed by atoms with Crippen LogP contribution < -0.4 is 10.1 Å². The predicted octanol–water partition coefficient (Wildman–Crippen LogP) is 4.37. The van der Waals surface area contributed by atoms with Gasteiger partial charge >= 0.3 is 0 Å². The lowest BCUT2D eigenvalue weighted by Gasteiger charge is -2.19. The first-order valence-corrected chi connectivity index (χ1v) is 10.4. The highest BCUT2D eigenvalue weighted by Gasteiger charge is 2.19. The fourth-order valence-electron chi connectivity index (χ4n) is 3.57. The summed E-state index contributed by atoms with van der Waals surface area (Å²) in [5.74, 6) is 0.720. The van der Waals surface area contributed by atoms with Crippen LogP contribution in [0.15, 0.2) is 42.5 Å². The van der Waals surface area contributed by atoms with Crippen LogP contribution in [-0.4, -0.2) is 30.0 Å². The molecule has 4 nitrogen and oxygen atoms in total. The zero-order chi connectivity index (χ0) is 19.9. The lowest BCUT2D eigenvalue weighted by Crippen LogP contribution is -2.37. The van der Waals surface area contributed by atoms with Crippen LogP contribution in [0.4, 0.5) is 0 Å². The Bertz CT molecular complexity index is 780. The third kappa shape index (κ3) is 5.59. The van der Waals surface area contributed by atoms with Gasteiger partial charge in [-0.05, 0) is 74.5 Å². The average molecular weight is 381 g/mol. The fourth-order valence-corrected chi connectivity index (χ4v) is 3.57. The van der Waals surface area contributed by atoms with Crippen molar-refractivity contribution in [1.29, 1.82) is 0 Å². The molecule has 0 bridgehead atoms. The molecule has 3 rings (SSSR count). The molecule has 1 aliphatic rings. The average Bonchev–Trinajstić information content (AvgIpc) is 3.21. The standard InChI is InChI=1S/C24H32N2O2/c1-4-22(28-23-15-18(2)7-8-19(23)3)24(27)25-16-20-9-11-21(12-10-20)17-26-13-5-6-14-26/h7-12,15,22H,4-6,13-14,16-17H2,1-3H3,(H,25,27)/t22-/m1/s1. The van der Waals surface area contributed by atoms with E-state index >= 15 is 0 Å². The molecule has 1 fully saturated rings. The summed E-state index contributed by atoms with van der Waals surface area (Å²) < 4.78 is 6.00. The first kappa shape index (κ1) is 20.4. The van der Waals surface area contributed by atoms with Gasteiger partial charge in [0.05, 0.1) is 0 Å². The van der Waals surface area contributed by atoms with Gasteiger partial charge < -0.3 is 10.1 Å². The van der Waals surface area contributed by atoms with E-state index < -0.39 is 6.10 Å². The van der Waals surface area contributed by atoms with Gasteiger partial charge in [-0.2, -0.15) is 0 Å². The Morgan fingerprint density at radius 1 is 1.07 bits per heavy atom. The molecule has 0 spiro atoms. The topological polar surface area (TPSA) is 41.6 Å².